The summed E-state index contributed by atoms with van der Waals surface area (Å²) in [6.07, 6.45) is 0. The highest BCUT2D eigenvalue weighted by Crippen LogP contribution is 2.24. The second-order valence-corrected chi connectivity index (χ2v) is 4.44. The lowest BCUT2D eigenvalue weighted by Gasteiger charge is -2.09. The molecule has 0 aliphatic carbocycles. The maximum absolute atomic E-state index is 13.3. The first-order valence-corrected chi connectivity index (χ1v) is 6.16. The zero-order chi connectivity index (χ0) is 15.4. The van der Waals surface area contributed by atoms with E-state index >= 15 is 0 Å². The van der Waals surface area contributed by atoms with Gasteiger partial charge in [-0.3, -0.25) is 4.79 Å². The van der Waals surface area contributed by atoms with E-state index in [2.05, 4.69) is 5.32 Å². The number of hydrogen-bond acceptors (Lipinski definition) is 2. The van der Waals surface area contributed by atoms with Crippen LogP contribution in [-0.2, 0) is 4.79 Å². The quantitative estimate of drug-likeness (QED) is 0.932. The molecule has 0 heterocycles. The second-order valence-electron chi connectivity index (χ2n) is 4.04. The molecule has 1 amide bonds. The number of carbonyl (C=O) groups excluding carboxylic acids is 1. The summed E-state index contributed by atoms with van der Waals surface area (Å²) in [5.74, 6) is -2.73. The van der Waals surface area contributed by atoms with Gasteiger partial charge in [0, 0.05) is 6.07 Å². The third-order valence-electron chi connectivity index (χ3n) is 2.46. The number of benzene rings is 2. The number of amides is 1. The van der Waals surface area contributed by atoms with Crippen LogP contribution in [0, 0.1) is 17.5 Å². The van der Waals surface area contributed by atoms with Crippen LogP contribution in [0.15, 0.2) is 36.4 Å². The molecule has 7 heteroatoms. The molecule has 0 aromatic heterocycles. The number of hydrogen-bond donors (Lipinski definition) is 1. The van der Waals surface area contributed by atoms with Gasteiger partial charge in [0.25, 0.3) is 5.91 Å². The first-order valence-electron chi connectivity index (χ1n) is 5.78. The van der Waals surface area contributed by atoms with Gasteiger partial charge in [0.15, 0.2) is 6.61 Å². The van der Waals surface area contributed by atoms with E-state index in [1.54, 1.807) is 0 Å². The number of halogens is 4. The van der Waals surface area contributed by atoms with Crippen molar-refractivity contribution in [2.75, 3.05) is 11.9 Å². The van der Waals surface area contributed by atoms with Gasteiger partial charge < -0.3 is 10.1 Å². The zero-order valence-electron chi connectivity index (χ0n) is 10.5. The summed E-state index contributed by atoms with van der Waals surface area (Å²) < 4.78 is 43.9. The van der Waals surface area contributed by atoms with Gasteiger partial charge in [-0.05, 0) is 30.3 Å². The maximum atomic E-state index is 13.3. The Morgan fingerprint density at radius 3 is 2.43 bits per heavy atom. The normalized spacial score (nSPS) is 10.3. The predicted molar refractivity (Wildman–Crippen MR) is 71.9 cm³/mol. The number of anilines is 1. The molecule has 0 saturated heterocycles. The molecule has 2 aromatic rings. The standard InChI is InChI=1S/C14H9ClF3NO2/c15-10-5-8(16)2-4-13(10)21-7-14(20)19-12-3-1-9(17)6-11(12)18/h1-6H,7H2,(H,19,20). The lowest BCUT2D eigenvalue weighted by Crippen LogP contribution is -2.21. The number of rotatable bonds is 4. The summed E-state index contributed by atoms with van der Waals surface area (Å²) in [7, 11) is 0. The van der Waals surface area contributed by atoms with E-state index in [1.807, 2.05) is 0 Å². The molecule has 0 radical (unpaired) electrons. The molecule has 0 fully saturated rings. The van der Waals surface area contributed by atoms with E-state index in [0.29, 0.717) is 6.07 Å². The summed E-state index contributed by atoms with van der Waals surface area (Å²) >= 11 is 5.72. The van der Waals surface area contributed by atoms with E-state index in [1.165, 1.54) is 6.07 Å². The van der Waals surface area contributed by atoms with Crippen LogP contribution < -0.4 is 10.1 Å². The molecule has 0 unspecified atom stereocenters. The van der Waals surface area contributed by atoms with Crippen molar-refractivity contribution in [3.63, 3.8) is 0 Å². The lowest BCUT2D eigenvalue weighted by atomic mass is 10.3. The fourth-order valence-electron chi connectivity index (χ4n) is 1.51. The van der Waals surface area contributed by atoms with Crippen molar-refractivity contribution >= 4 is 23.2 Å². The Morgan fingerprint density at radius 2 is 1.76 bits per heavy atom. The van der Waals surface area contributed by atoms with Gasteiger partial charge in [-0.2, -0.15) is 0 Å². The van der Waals surface area contributed by atoms with Gasteiger partial charge in [0.1, 0.15) is 23.2 Å². The van der Waals surface area contributed by atoms with Gasteiger partial charge in [0.2, 0.25) is 0 Å². The number of ether oxygens (including phenoxy) is 1. The highest BCUT2D eigenvalue weighted by atomic mass is 35.5. The van der Waals surface area contributed by atoms with E-state index in [0.717, 1.165) is 24.3 Å². The third kappa shape index (κ3) is 4.13. The molecule has 0 aliphatic heterocycles. The molecule has 1 N–H and O–H groups in total. The molecule has 0 atom stereocenters. The molecule has 0 spiro atoms. The van der Waals surface area contributed by atoms with Crippen LogP contribution in [0.5, 0.6) is 5.75 Å². The molecular weight excluding hydrogens is 307 g/mol. The highest BCUT2D eigenvalue weighted by molar-refractivity contribution is 6.32. The molecule has 2 aromatic carbocycles. The molecule has 2 rings (SSSR count). The minimum absolute atomic E-state index is 0.00997. The number of carbonyl (C=O) groups is 1. The Kier molecular flexibility index (Phi) is 4.70. The van der Waals surface area contributed by atoms with E-state index < -0.39 is 30.0 Å². The molecule has 0 aliphatic rings. The van der Waals surface area contributed by atoms with Gasteiger partial charge in [0.05, 0.1) is 10.7 Å². The average molecular weight is 316 g/mol. The summed E-state index contributed by atoms with van der Waals surface area (Å²) in [5.41, 5.74) is -0.171. The first-order chi connectivity index (χ1) is 9.95. The molecule has 0 saturated carbocycles. The fraction of sp³-hybridized carbons (Fsp3) is 0.0714. The second kappa shape index (κ2) is 6.49. The SMILES string of the molecule is O=C(COc1ccc(F)cc1Cl)Nc1ccc(F)cc1F. The Balaban J connectivity index is 1.96. The number of nitrogens with one attached hydrogen (secondary N) is 1. The van der Waals surface area contributed by atoms with Crippen LogP contribution >= 0.6 is 11.6 Å². The summed E-state index contributed by atoms with van der Waals surface area (Å²) in [6.45, 7) is -0.456. The van der Waals surface area contributed by atoms with Crippen molar-refractivity contribution in [2.45, 2.75) is 0 Å². The fourth-order valence-corrected chi connectivity index (χ4v) is 1.73. The monoisotopic (exact) mass is 315 g/mol. The predicted octanol–water partition coefficient (Wildman–Crippen LogP) is 3.77. The largest absolute Gasteiger partial charge is 0.482 e. The third-order valence-corrected chi connectivity index (χ3v) is 2.75. The molecule has 110 valence electrons. The Bertz CT molecular complexity index is 679. The summed E-state index contributed by atoms with van der Waals surface area (Å²) in [4.78, 5) is 11.6. The molecule has 0 bridgehead atoms. The van der Waals surface area contributed by atoms with Crippen LogP contribution in [0.2, 0.25) is 5.02 Å². The van der Waals surface area contributed by atoms with Crippen molar-refractivity contribution in [2.24, 2.45) is 0 Å². The van der Waals surface area contributed by atoms with Crippen LogP contribution in [-0.4, -0.2) is 12.5 Å². The van der Waals surface area contributed by atoms with E-state index in [9.17, 15) is 18.0 Å². The molecule has 21 heavy (non-hydrogen) atoms. The topological polar surface area (TPSA) is 38.3 Å². The Hall–Kier alpha value is -2.21. The lowest BCUT2D eigenvalue weighted by molar-refractivity contribution is -0.118. The van der Waals surface area contributed by atoms with Gasteiger partial charge in [-0.1, -0.05) is 11.6 Å². The Labute approximate surface area is 123 Å². The van der Waals surface area contributed by atoms with Crippen molar-refractivity contribution in [1.82, 2.24) is 0 Å². The molecule has 3 nitrogen and oxygen atoms in total. The zero-order valence-corrected chi connectivity index (χ0v) is 11.3. The maximum Gasteiger partial charge on any atom is 0.262 e. The Morgan fingerprint density at radius 1 is 1.10 bits per heavy atom. The van der Waals surface area contributed by atoms with Crippen molar-refractivity contribution in [3.8, 4) is 5.75 Å². The minimum atomic E-state index is -0.900. The van der Waals surface area contributed by atoms with Crippen LogP contribution in [0.1, 0.15) is 0 Å². The van der Waals surface area contributed by atoms with Gasteiger partial charge in [-0.25, -0.2) is 13.2 Å². The smallest absolute Gasteiger partial charge is 0.262 e. The van der Waals surface area contributed by atoms with Crippen molar-refractivity contribution in [3.05, 3.63) is 58.9 Å². The van der Waals surface area contributed by atoms with Gasteiger partial charge >= 0.3 is 0 Å². The highest BCUT2D eigenvalue weighted by Gasteiger charge is 2.10. The molecular formula is C14H9ClF3NO2. The summed E-state index contributed by atoms with van der Waals surface area (Å²) in [5, 5.41) is 2.23. The minimum Gasteiger partial charge on any atom is -0.482 e. The van der Waals surface area contributed by atoms with E-state index in [-0.39, 0.29) is 16.5 Å². The van der Waals surface area contributed by atoms with Crippen LogP contribution in [0.25, 0.3) is 0 Å². The first kappa shape index (κ1) is 15.2. The van der Waals surface area contributed by atoms with Crippen LogP contribution in [0.4, 0.5) is 18.9 Å². The van der Waals surface area contributed by atoms with Crippen molar-refractivity contribution in [1.29, 1.82) is 0 Å². The van der Waals surface area contributed by atoms with Crippen molar-refractivity contribution < 1.29 is 22.7 Å². The average Bonchev–Trinajstić information content (AvgIpc) is 2.41. The summed E-state index contributed by atoms with van der Waals surface area (Å²) in [6, 6.07) is 6.17. The van der Waals surface area contributed by atoms with Crippen LogP contribution in [0.3, 0.4) is 0 Å². The van der Waals surface area contributed by atoms with E-state index in [4.69, 9.17) is 16.3 Å². The van der Waals surface area contributed by atoms with Gasteiger partial charge in [-0.15, -0.1) is 0 Å².